The third-order valence-corrected chi connectivity index (χ3v) is 2.10. The van der Waals surface area contributed by atoms with Crippen molar-refractivity contribution in [3.8, 4) is 0 Å². The van der Waals surface area contributed by atoms with E-state index in [0.29, 0.717) is 0 Å². The van der Waals surface area contributed by atoms with Crippen LogP contribution in [0.2, 0.25) is 10.2 Å². The highest BCUT2D eigenvalue weighted by atomic mass is 35.5. The Morgan fingerprint density at radius 1 is 1.50 bits per heavy atom. The Morgan fingerprint density at radius 3 is 2.50 bits per heavy atom. The molecular formula is C7H4Cl2F2N2O. The molecule has 0 bridgehead atoms. The van der Waals surface area contributed by atoms with Crippen molar-refractivity contribution in [2.24, 2.45) is 5.73 Å². The number of primary amides is 1. The van der Waals surface area contributed by atoms with Crippen LogP contribution >= 0.6 is 23.2 Å². The smallest absolute Gasteiger partial charge is 0.267 e. The SMILES string of the molecule is NC(=O)c1nc(Cl)c(Cl)cc1C(F)F. The number of hydrogen-bond donors (Lipinski definition) is 1. The molecule has 1 aromatic rings. The highest BCUT2D eigenvalue weighted by molar-refractivity contribution is 6.41. The molecule has 7 heteroatoms. The molecule has 0 aliphatic heterocycles. The summed E-state index contributed by atoms with van der Waals surface area (Å²) in [4.78, 5) is 14.1. The van der Waals surface area contributed by atoms with Crippen molar-refractivity contribution in [2.45, 2.75) is 6.43 Å². The van der Waals surface area contributed by atoms with Crippen LogP contribution < -0.4 is 5.73 Å². The van der Waals surface area contributed by atoms with E-state index in [1.54, 1.807) is 0 Å². The molecule has 0 atom stereocenters. The lowest BCUT2D eigenvalue weighted by Crippen LogP contribution is -2.16. The van der Waals surface area contributed by atoms with Crippen molar-refractivity contribution in [1.29, 1.82) is 0 Å². The van der Waals surface area contributed by atoms with E-state index in [1.807, 2.05) is 0 Å². The molecule has 0 fully saturated rings. The number of aromatic nitrogens is 1. The second-order valence-corrected chi connectivity index (χ2v) is 3.13. The van der Waals surface area contributed by atoms with Crippen molar-refractivity contribution in [3.05, 3.63) is 27.5 Å². The summed E-state index contributed by atoms with van der Waals surface area (Å²) >= 11 is 10.9. The van der Waals surface area contributed by atoms with Crippen LogP contribution in [0.3, 0.4) is 0 Å². The lowest BCUT2D eigenvalue weighted by molar-refractivity contribution is 0.0980. The largest absolute Gasteiger partial charge is 0.364 e. The second-order valence-electron chi connectivity index (χ2n) is 2.36. The number of pyridine rings is 1. The minimum atomic E-state index is -2.88. The fourth-order valence-corrected chi connectivity index (χ4v) is 1.14. The molecule has 0 aliphatic rings. The third kappa shape index (κ3) is 2.10. The van der Waals surface area contributed by atoms with Crippen LogP contribution in [0.1, 0.15) is 22.5 Å². The number of rotatable bonds is 2. The summed E-state index contributed by atoms with van der Waals surface area (Å²) in [6.45, 7) is 0. The third-order valence-electron chi connectivity index (χ3n) is 1.43. The van der Waals surface area contributed by atoms with Crippen molar-refractivity contribution in [1.82, 2.24) is 4.98 Å². The molecule has 3 nitrogen and oxygen atoms in total. The summed E-state index contributed by atoms with van der Waals surface area (Å²) in [7, 11) is 0. The minimum Gasteiger partial charge on any atom is -0.364 e. The van der Waals surface area contributed by atoms with Gasteiger partial charge >= 0.3 is 0 Å². The van der Waals surface area contributed by atoms with E-state index >= 15 is 0 Å². The number of alkyl halides is 2. The topological polar surface area (TPSA) is 56.0 Å². The van der Waals surface area contributed by atoms with Gasteiger partial charge in [0.25, 0.3) is 12.3 Å². The van der Waals surface area contributed by atoms with Crippen molar-refractivity contribution >= 4 is 29.1 Å². The molecule has 1 amide bonds. The van der Waals surface area contributed by atoms with Crippen LogP contribution in [-0.4, -0.2) is 10.9 Å². The Hall–Kier alpha value is -0.940. The van der Waals surface area contributed by atoms with Gasteiger partial charge in [-0.25, -0.2) is 13.8 Å². The van der Waals surface area contributed by atoms with Gasteiger partial charge in [0.15, 0.2) is 0 Å². The van der Waals surface area contributed by atoms with Crippen LogP contribution in [0.5, 0.6) is 0 Å². The summed E-state index contributed by atoms with van der Waals surface area (Å²) < 4.78 is 24.7. The number of carbonyl (C=O) groups is 1. The number of amides is 1. The molecule has 14 heavy (non-hydrogen) atoms. The van der Waals surface area contributed by atoms with Crippen molar-refractivity contribution < 1.29 is 13.6 Å². The van der Waals surface area contributed by atoms with Gasteiger partial charge in [0, 0.05) is 0 Å². The maximum absolute atomic E-state index is 12.4. The number of hydrogen-bond acceptors (Lipinski definition) is 2. The molecule has 0 unspecified atom stereocenters. The van der Waals surface area contributed by atoms with Gasteiger partial charge in [-0.3, -0.25) is 4.79 Å². The zero-order valence-corrected chi connectivity index (χ0v) is 8.11. The molecule has 0 saturated heterocycles. The van der Waals surface area contributed by atoms with Crippen molar-refractivity contribution in [2.75, 3.05) is 0 Å². The van der Waals surface area contributed by atoms with Crippen LogP contribution in [-0.2, 0) is 0 Å². The molecule has 0 spiro atoms. The van der Waals surface area contributed by atoms with Gasteiger partial charge < -0.3 is 5.73 Å². The summed E-state index contributed by atoms with van der Waals surface area (Å²) in [5, 5.41) is -0.378. The molecule has 0 aromatic carbocycles. The molecule has 1 heterocycles. The standard InChI is InChI=1S/C7H4Cl2F2N2O/c8-3-1-2(6(10)11)4(7(12)14)13-5(3)9/h1,6H,(H2,12,14). The highest BCUT2D eigenvalue weighted by Gasteiger charge is 2.20. The molecule has 0 aliphatic carbocycles. The first-order chi connectivity index (χ1) is 6.43. The molecule has 1 rings (SSSR count). The monoisotopic (exact) mass is 240 g/mol. The fraction of sp³-hybridized carbons (Fsp3) is 0.143. The Morgan fingerprint density at radius 2 is 2.07 bits per heavy atom. The normalized spacial score (nSPS) is 10.6. The average molecular weight is 241 g/mol. The van der Waals surface area contributed by atoms with Crippen LogP contribution in [0.4, 0.5) is 8.78 Å². The molecular weight excluding hydrogens is 237 g/mol. The predicted molar refractivity (Wildman–Crippen MR) is 47.7 cm³/mol. The van der Waals surface area contributed by atoms with E-state index in [9.17, 15) is 13.6 Å². The minimum absolute atomic E-state index is 0.146. The maximum Gasteiger partial charge on any atom is 0.267 e. The lowest BCUT2D eigenvalue weighted by atomic mass is 10.2. The number of halogens is 4. The van der Waals surface area contributed by atoms with E-state index in [4.69, 9.17) is 28.9 Å². The lowest BCUT2D eigenvalue weighted by Gasteiger charge is -2.06. The van der Waals surface area contributed by atoms with E-state index in [1.165, 1.54) is 0 Å². The summed E-state index contributed by atoms with van der Waals surface area (Å²) in [5.41, 5.74) is 3.66. The first kappa shape index (κ1) is 11.1. The Kier molecular flexibility index (Phi) is 3.23. The zero-order chi connectivity index (χ0) is 10.9. The first-order valence-corrected chi connectivity index (χ1v) is 4.13. The zero-order valence-electron chi connectivity index (χ0n) is 6.60. The van der Waals surface area contributed by atoms with E-state index in [2.05, 4.69) is 4.98 Å². The fourth-order valence-electron chi connectivity index (χ4n) is 0.844. The van der Waals surface area contributed by atoms with Crippen LogP contribution in [0, 0.1) is 0 Å². The maximum atomic E-state index is 12.4. The second kappa shape index (κ2) is 4.06. The molecule has 0 saturated carbocycles. The van der Waals surface area contributed by atoms with Gasteiger partial charge in [0.2, 0.25) is 0 Å². The summed E-state index contributed by atoms with van der Waals surface area (Å²) in [5.74, 6) is -1.07. The van der Waals surface area contributed by atoms with Gasteiger partial charge in [-0.1, -0.05) is 23.2 Å². The molecule has 76 valence electrons. The van der Waals surface area contributed by atoms with E-state index < -0.39 is 23.6 Å². The van der Waals surface area contributed by atoms with E-state index in [0.717, 1.165) is 6.07 Å². The summed E-state index contributed by atoms with van der Waals surface area (Å²) in [6.07, 6.45) is -2.88. The van der Waals surface area contributed by atoms with E-state index in [-0.39, 0.29) is 10.2 Å². The van der Waals surface area contributed by atoms with Crippen molar-refractivity contribution in [3.63, 3.8) is 0 Å². The molecule has 1 aromatic heterocycles. The number of nitrogens with zero attached hydrogens (tertiary/aromatic N) is 1. The van der Waals surface area contributed by atoms with Crippen LogP contribution in [0.15, 0.2) is 6.07 Å². The Labute approximate surface area is 87.8 Å². The molecule has 2 N–H and O–H groups in total. The number of nitrogens with two attached hydrogens (primary N) is 1. The van der Waals surface area contributed by atoms with Gasteiger partial charge in [-0.15, -0.1) is 0 Å². The predicted octanol–water partition coefficient (Wildman–Crippen LogP) is 2.42. The Balaban J connectivity index is 3.39. The highest BCUT2D eigenvalue weighted by Crippen LogP contribution is 2.28. The van der Waals surface area contributed by atoms with Gasteiger partial charge in [0.05, 0.1) is 10.6 Å². The molecule has 0 radical (unpaired) electrons. The number of carbonyl (C=O) groups excluding carboxylic acids is 1. The first-order valence-electron chi connectivity index (χ1n) is 3.37. The Bertz CT molecular complexity index is 384. The van der Waals surface area contributed by atoms with Gasteiger partial charge in [0.1, 0.15) is 10.8 Å². The average Bonchev–Trinajstić information content (AvgIpc) is 2.08. The van der Waals surface area contributed by atoms with Crippen LogP contribution in [0.25, 0.3) is 0 Å². The quantitative estimate of drug-likeness (QED) is 0.808. The van der Waals surface area contributed by atoms with Gasteiger partial charge in [-0.2, -0.15) is 0 Å². The summed E-state index contributed by atoms with van der Waals surface area (Å²) in [6, 6.07) is 0.877. The van der Waals surface area contributed by atoms with Gasteiger partial charge in [-0.05, 0) is 6.07 Å².